The molecular weight excluding hydrogens is 452 g/mol. The molecule has 0 N–H and O–H groups in total. The number of allylic oxidation sites excluding steroid dienone is 2. The van der Waals surface area contributed by atoms with Gasteiger partial charge >= 0.3 is 5.97 Å². The molecule has 0 radical (unpaired) electrons. The smallest absolute Gasteiger partial charge is 0.310 e. The number of benzene rings is 1. The normalized spacial score (nSPS) is 36.7. The van der Waals surface area contributed by atoms with Crippen LogP contribution in [0.5, 0.6) is 11.5 Å². The highest BCUT2D eigenvalue weighted by atomic mass is 16.8. The predicted octanol–water partition coefficient (Wildman–Crippen LogP) is 3.62. The van der Waals surface area contributed by atoms with E-state index in [2.05, 4.69) is 6.08 Å². The van der Waals surface area contributed by atoms with E-state index in [-0.39, 0.29) is 43.4 Å². The summed E-state index contributed by atoms with van der Waals surface area (Å²) in [7, 11) is 3.23. The number of ether oxygens (including phenoxy) is 7. The fraction of sp³-hybridized carbons (Fsp3) is 0.519. The van der Waals surface area contributed by atoms with Gasteiger partial charge in [-0.2, -0.15) is 0 Å². The molecule has 3 fully saturated rings. The highest BCUT2D eigenvalue weighted by Gasteiger charge is 2.67. The van der Waals surface area contributed by atoms with Crippen molar-refractivity contribution in [2.45, 2.75) is 50.3 Å². The molecule has 1 aromatic rings. The Labute approximate surface area is 204 Å². The minimum absolute atomic E-state index is 0.184. The molecule has 1 spiro atoms. The molecule has 186 valence electrons. The van der Waals surface area contributed by atoms with Gasteiger partial charge in [0.2, 0.25) is 0 Å². The zero-order chi connectivity index (χ0) is 24.5. The molecule has 6 rings (SSSR count). The molecule has 4 unspecified atom stereocenters. The van der Waals surface area contributed by atoms with E-state index in [4.69, 9.17) is 33.2 Å². The van der Waals surface area contributed by atoms with Gasteiger partial charge in [-0.3, -0.25) is 4.79 Å². The lowest BCUT2D eigenvalue weighted by molar-refractivity contribution is -0.168. The van der Waals surface area contributed by atoms with Gasteiger partial charge in [-0.1, -0.05) is 6.08 Å². The summed E-state index contributed by atoms with van der Waals surface area (Å²) in [5.41, 5.74) is 1.90. The number of hydrogen-bond donors (Lipinski definition) is 0. The molecule has 5 aliphatic rings. The average Bonchev–Trinajstić information content (AvgIpc) is 3.46. The van der Waals surface area contributed by atoms with Crippen molar-refractivity contribution in [2.24, 2.45) is 11.8 Å². The van der Waals surface area contributed by atoms with Gasteiger partial charge < -0.3 is 33.2 Å². The third kappa shape index (κ3) is 3.27. The van der Waals surface area contributed by atoms with E-state index >= 15 is 0 Å². The quantitative estimate of drug-likeness (QED) is 0.605. The number of cyclic esters (lactones) is 1. The third-order valence-electron chi connectivity index (χ3n) is 7.79. The molecule has 0 bridgehead atoms. The summed E-state index contributed by atoms with van der Waals surface area (Å²) in [6.45, 7) is 6.26. The summed E-state index contributed by atoms with van der Waals surface area (Å²) >= 11 is 0. The van der Waals surface area contributed by atoms with Crippen LogP contribution in [-0.4, -0.2) is 57.2 Å². The number of carbonyl (C=O) groups excluding carboxylic acids is 1. The van der Waals surface area contributed by atoms with Crippen LogP contribution in [0.4, 0.5) is 0 Å². The fourth-order valence-corrected chi connectivity index (χ4v) is 6.50. The summed E-state index contributed by atoms with van der Waals surface area (Å²) in [6, 6.07) is 5.73. The Morgan fingerprint density at radius 1 is 1.06 bits per heavy atom. The molecule has 2 aliphatic carbocycles. The highest BCUT2D eigenvalue weighted by Crippen LogP contribution is 2.60. The van der Waals surface area contributed by atoms with Gasteiger partial charge in [-0.05, 0) is 61.8 Å². The van der Waals surface area contributed by atoms with Crippen molar-refractivity contribution in [3.63, 3.8) is 0 Å². The van der Waals surface area contributed by atoms with Gasteiger partial charge in [0.15, 0.2) is 12.6 Å². The van der Waals surface area contributed by atoms with E-state index in [1.54, 1.807) is 14.2 Å². The third-order valence-corrected chi connectivity index (χ3v) is 7.79. The maximum Gasteiger partial charge on any atom is 0.310 e. The molecule has 3 heterocycles. The van der Waals surface area contributed by atoms with E-state index in [1.807, 2.05) is 51.1 Å². The standard InChI is InChI=1S/C27H30O8/c1-14-27(35-26(2,3)34-14)19-6-7-21-22(33-13-32-21)11-18(19)23(24-20(27)12-31-25(24)28)15-8-16(29-4)10-17(9-15)30-5/h6-11,14,20-21,23-24H,12-13H2,1-5H3/t14-,20?,21?,23+,24?,27?/m0/s1. The summed E-state index contributed by atoms with van der Waals surface area (Å²) in [5.74, 6) is -0.151. The molecule has 1 aromatic carbocycles. The Balaban J connectivity index is 1.64. The zero-order valence-corrected chi connectivity index (χ0v) is 20.5. The summed E-state index contributed by atoms with van der Waals surface area (Å²) < 4.78 is 41.5. The monoisotopic (exact) mass is 482 g/mol. The Bertz CT molecular complexity index is 1140. The lowest BCUT2D eigenvalue weighted by Crippen LogP contribution is -2.55. The second-order valence-corrected chi connectivity index (χ2v) is 10.1. The summed E-state index contributed by atoms with van der Waals surface area (Å²) in [5, 5.41) is 0. The molecule has 8 heteroatoms. The Morgan fingerprint density at radius 3 is 2.46 bits per heavy atom. The first-order valence-corrected chi connectivity index (χ1v) is 11.9. The molecule has 0 aromatic heterocycles. The van der Waals surface area contributed by atoms with Gasteiger partial charge in [0.05, 0.1) is 32.8 Å². The first-order chi connectivity index (χ1) is 16.8. The van der Waals surface area contributed by atoms with Crippen LogP contribution < -0.4 is 9.47 Å². The van der Waals surface area contributed by atoms with E-state index in [0.717, 1.165) is 16.7 Å². The van der Waals surface area contributed by atoms with E-state index < -0.39 is 17.3 Å². The second-order valence-electron chi connectivity index (χ2n) is 10.1. The van der Waals surface area contributed by atoms with Gasteiger partial charge in [0.1, 0.15) is 29.0 Å². The molecule has 6 atom stereocenters. The highest BCUT2D eigenvalue weighted by molar-refractivity contribution is 5.79. The average molecular weight is 483 g/mol. The first kappa shape index (κ1) is 22.6. The van der Waals surface area contributed by atoms with Crippen LogP contribution >= 0.6 is 0 Å². The lowest BCUT2D eigenvalue weighted by atomic mass is 9.59. The van der Waals surface area contributed by atoms with Gasteiger partial charge in [0, 0.05) is 17.9 Å². The van der Waals surface area contributed by atoms with Gasteiger partial charge in [0.25, 0.3) is 0 Å². The Kier molecular flexibility index (Phi) is 5.08. The largest absolute Gasteiger partial charge is 0.497 e. The van der Waals surface area contributed by atoms with Crippen LogP contribution in [0.2, 0.25) is 0 Å². The van der Waals surface area contributed by atoms with Crippen LogP contribution in [0, 0.1) is 11.8 Å². The molecule has 3 saturated heterocycles. The fourth-order valence-electron chi connectivity index (χ4n) is 6.50. The van der Waals surface area contributed by atoms with Crippen LogP contribution in [0.1, 0.15) is 32.3 Å². The Hall–Kier alpha value is -2.81. The topological polar surface area (TPSA) is 81.7 Å². The van der Waals surface area contributed by atoms with E-state index in [9.17, 15) is 4.79 Å². The van der Waals surface area contributed by atoms with Crippen LogP contribution in [0.25, 0.3) is 0 Å². The minimum Gasteiger partial charge on any atom is -0.497 e. The molecule has 0 amide bonds. The minimum atomic E-state index is -0.874. The van der Waals surface area contributed by atoms with Crippen molar-refractivity contribution >= 4 is 5.97 Å². The van der Waals surface area contributed by atoms with Crippen molar-refractivity contribution in [1.82, 2.24) is 0 Å². The van der Waals surface area contributed by atoms with Crippen molar-refractivity contribution in [3.05, 3.63) is 58.9 Å². The summed E-state index contributed by atoms with van der Waals surface area (Å²) in [4.78, 5) is 13.4. The number of rotatable bonds is 3. The van der Waals surface area contributed by atoms with Crippen molar-refractivity contribution in [1.29, 1.82) is 0 Å². The molecule has 3 aliphatic heterocycles. The second kappa shape index (κ2) is 7.85. The van der Waals surface area contributed by atoms with E-state index in [0.29, 0.717) is 17.3 Å². The molecule has 0 saturated carbocycles. The van der Waals surface area contributed by atoms with Crippen LogP contribution in [-0.2, 0) is 28.5 Å². The number of hydrogen-bond acceptors (Lipinski definition) is 8. The van der Waals surface area contributed by atoms with E-state index in [1.165, 1.54) is 0 Å². The molecule has 8 nitrogen and oxygen atoms in total. The number of fused-ring (bicyclic) bond motifs is 4. The van der Waals surface area contributed by atoms with Crippen molar-refractivity contribution in [3.8, 4) is 11.5 Å². The van der Waals surface area contributed by atoms with Crippen molar-refractivity contribution in [2.75, 3.05) is 27.6 Å². The van der Waals surface area contributed by atoms with Crippen LogP contribution in [0.15, 0.2) is 53.3 Å². The predicted molar refractivity (Wildman–Crippen MR) is 124 cm³/mol. The Morgan fingerprint density at radius 2 is 1.80 bits per heavy atom. The lowest BCUT2D eigenvalue weighted by Gasteiger charge is -2.47. The zero-order valence-electron chi connectivity index (χ0n) is 20.5. The summed E-state index contributed by atoms with van der Waals surface area (Å²) in [6.07, 6.45) is 5.45. The number of methoxy groups -OCH3 is 2. The SMILES string of the molecule is COc1cc(OC)cc([C@@H]2C3=C(C=CC4OCOC4=C3)C3(OC(C)(C)O[C@H]3C)C3COC(=O)C32)c1. The number of carbonyl (C=O) groups is 1. The van der Waals surface area contributed by atoms with Gasteiger partial charge in [-0.25, -0.2) is 0 Å². The molecule has 35 heavy (non-hydrogen) atoms. The number of esters is 1. The molecular formula is C27H30O8. The maximum atomic E-state index is 13.4. The van der Waals surface area contributed by atoms with Crippen molar-refractivity contribution < 1.29 is 38.0 Å². The van der Waals surface area contributed by atoms with Gasteiger partial charge in [-0.15, -0.1) is 0 Å². The maximum absolute atomic E-state index is 13.4. The van der Waals surface area contributed by atoms with Crippen LogP contribution in [0.3, 0.4) is 0 Å². The first-order valence-electron chi connectivity index (χ1n) is 11.9.